The van der Waals surface area contributed by atoms with Crippen molar-refractivity contribution in [3.8, 4) is 11.5 Å². The number of nitrogens with zero attached hydrogens (tertiary/aromatic N) is 1. The van der Waals surface area contributed by atoms with E-state index in [4.69, 9.17) is 32.7 Å². The van der Waals surface area contributed by atoms with E-state index in [0.29, 0.717) is 46.0 Å². The Hall–Kier alpha value is -3.55. The monoisotopic (exact) mass is 513 g/mol. The molecule has 0 aliphatic rings. The summed E-state index contributed by atoms with van der Waals surface area (Å²) in [5.74, 6) is -0.543. The smallest absolute Gasteiger partial charge is 0.329 e. The largest absolute Gasteiger partial charge is 0.494 e. The van der Waals surface area contributed by atoms with Crippen LogP contribution in [0, 0.1) is 0 Å². The third-order valence-corrected chi connectivity index (χ3v) is 5.28. The van der Waals surface area contributed by atoms with Gasteiger partial charge in [0.25, 0.3) is 0 Å². The number of nitrogens with one attached hydrogen (secondary N) is 2. The highest BCUT2D eigenvalue weighted by atomic mass is 35.5. The first kappa shape index (κ1) is 26.1. The van der Waals surface area contributed by atoms with Crippen LogP contribution in [0.3, 0.4) is 0 Å². The molecule has 0 heterocycles. The molecule has 3 rings (SSSR count). The number of ether oxygens (including phenoxy) is 2. The van der Waals surface area contributed by atoms with E-state index in [1.165, 1.54) is 6.21 Å². The van der Waals surface area contributed by atoms with E-state index in [1.807, 2.05) is 12.1 Å². The standard InChI is InChI=1S/C26H25Cl2N3O4/c1-2-3-14-34-22-11-9-21(10-12-22)30-25(32)26(33)31-29-16-19-6-13-24(23(28)15-19)35-17-18-4-7-20(27)8-5-18/h4-13,15-16H,2-3,14,17H2,1H3,(H,30,32)(H,31,33)/b29-16-. The third kappa shape index (κ3) is 8.63. The number of benzene rings is 3. The summed E-state index contributed by atoms with van der Waals surface area (Å²) in [6.07, 6.45) is 3.39. The molecule has 0 saturated carbocycles. The molecule has 0 fully saturated rings. The summed E-state index contributed by atoms with van der Waals surface area (Å²) in [4.78, 5) is 24.1. The molecule has 2 N–H and O–H groups in total. The van der Waals surface area contributed by atoms with E-state index in [0.717, 1.165) is 18.4 Å². The number of hydrogen-bond donors (Lipinski definition) is 2. The summed E-state index contributed by atoms with van der Waals surface area (Å²) >= 11 is 12.2. The van der Waals surface area contributed by atoms with Gasteiger partial charge in [0.05, 0.1) is 17.8 Å². The molecule has 3 aromatic carbocycles. The maximum Gasteiger partial charge on any atom is 0.329 e. The molecule has 2 amide bonds. The van der Waals surface area contributed by atoms with Crippen LogP contribution in [0.1, 0.15) is 30.9 Å². The maximum absolute atomic E-state index is 12.1. The van der Waals surface area contributed by atoms with E-state index in [-0.39, 0.29) is 0 Å². The predicted octanol–water partition coefficient (Wildman–Crippen LogP) is 5.84. The van der Waals surface area contributed by atoms with Crippen LogP contribution in [0.15, 0.2) is 71.8 Å². The summed E-state index contributed by atoms with van der Waals surface area (Å²) in [6.45, 7) is 3.06. The van der Waals surface area contributed by atoms with E-state index in [9.17, 15) is 9.59 Å². The molecule has 0 aliphatic heterocycles. The summed E-state index contributed by atoms with van der Waals surface area (Å²) < 4.78 is 11.3. The molecule has 0 unspecified atom stereocenters. The quantitative estimate of drug-likeness (QED) is 0.154. The molecule has 0 aliphatic carbocycles. The molecular weight excluding hydrogens is 489 g/mol. The molecule has 3 aromatic rings. The van der Waals surface area contributed by atoms with E-state index in [1.54, 1.807) is 54.6 Å². The van der Waals surface area contributed by atoms with Gasteiger partial charge < -0.3 is 14.8 Å². The highest BCUT2D eigenvalue weighted by Gasteiger charge is 2.13. The molecule has 0 saturated heterocycles. The average Bonchev–Trinajstić information content (AvgIpc) is 2.85. The van der Waals surface area contributed by atoms with Gasteiger partial charge in [-0.3, -0.25) is 9.59 Å². The van der Waals surface area contributed by atoms with Crippen molar-refractivity contribution < 1.29 is 19.1 Å². The van der Waals surface area contributed by atoms with Crippen molar-refractivity contribution in [3.05, 3.63) is 87.9 Å². The first-order valence-corrected chi connectivity index (χ1v) is 11.7. The van der Waals surface area contributed by atoms with Crippen LogP contribution in [0.2, 0.25) is 10.0 Å². The number of rotatable bonds is 10. The van der Waals surface area contributed by atoms with Crippen molar-refractivity contribution in [2.75, 3.05) is 11.9 Å². The maximum atomic E-state index is 12.1. The molecule has 0 radical (unpaired) electrons. The van der Waals surface area contributed by atoms with Gasteiger partial charge >= 0.3 is 11.8 Å². The van der Waals surface area contributed by atoms with Crippen molar-refractivity contribution >= 4 is 46.9 Å². The number of hydrazone groups is 1. The van der Waals surface area contributed by atoms with Crippen LogP contribution in [0.5, 0.6) is 11.5 Å². The zero-order valence-electron chi connectivity index (χ0n) is 19.1. The topological polar surface area (TPSA) is 89.0 Å². The summed E-state index contributed by atoms with van der Waals surface area (Å²) in [7, 11) is 0. The Morgan fingerprint density at radius 2 is 1.69 bits per heavy atom. The lowest BCUT2D eigenvalue weighted by Gasteiger charge is -2.09. The zero-order chi connectivity index (χ0) is 25.0. The Morgan fingerprint density at radius 3 is 2.37 bits per heavy atom. The highest BCUT2D eigenvalue weighted by Crippen LogP contribution is 2.26. The van der Waals surface area contributed by atoms with Gasteiger partial charge in [-0.1, -0.05) is 48.7 Å². The Balaban J connectivity index is 1.46. The van der Waals surface area contributed by atoms with Crippen LogP contribution in [-0.2, 0) is 16.2 Å². The molecule has 0 atom stereocenters. The number of anilines is 1. The fourth-order valence-corrected chi connectivity index (χ4v) is 3.20. The molecular formula is C26H25Cl2N3O4. The summed E-state index contributed by atoms with van der Waals surface area (Å²) in [5.41, 5.74) is 4.23. The lowest BCUT2D eigenvalue weighted by atomic mass is 10.2. The van der Waals surface area contributed by atoms with Crippen molar-refractivity contribution in [2.24, 2.45) is 5.10 Å². The Bertz CT molecular complexity index is 1170. The fraction of sp³-hybridized carbons (Fsp3) is 0.192. The predicted molar refractivity (Wildman–Crippen MR) is 138 cm³/mol. The van der Waals surface area contributed by atoms with Gasteiger partial charge in [-0.25, -0.2) is 5.43 Å². The van der Waals surface area contributed by atoms with Gasteiger partial charge in [0.1, 0.15) is 18.1 Å². The first-order chi connectivity index (χ1) is 16.9. The van der Waals surface area contributed by atoms with E-state index >= 15 is 0 Å². The fourth-order valence-electron chi connectivity index (χ4n) is 2.83. The molecule has 35 heavy (non-hydrogen) atoms. The number of hydrogen-bond acceptors (Lipinski definition) is 5. The van der Waals surface area contributed by atoms with Crippen LogP contribution in [0.25, 0.3) is 0 Å². The molecule has 9 heteroatoms. The van der Waals surface area contributed by atoms with Crippen molar-refractivity contribution in [2.45, 2.75) is 26.4 Å². The first-order valence-electron chi connectivity index (χ1n) is 11.0. The molecule has 0 bridgehead atoms. The van der Waals surface area contributed by atoms with Crippen molar-refractivity contribution in [1.29, 1.82) is 0 Å². The number of carbonyl (C=O) groups excluding carboxylic acids is 2. The van der Waals surface area contributed by atoms with Crippen LogP contribution >= 0.6 is 23.2 Å². The van der Waals surface area contributed by atoms with Crippen LogP contribution in [0.4, 0.5) is 5.69 Å². The third-order valence-electron chi connectivity index (χ3n) is 4.73. The minimum atomic E-state index is -0.904. The number of halogens is 2. The average molecular weight is 514 g/mol. The van der Waals surface area contributed by atoms with Gasteiger partial charge in [-0.05, 0) is 72.1 Å². The minimum absolute atomic E-state index is 0.337. The molecule has 182 valence electrons. The van der Waals surface area contributed by atoms with Gasteiger partial charge in [-0.15, -0.1) is 0 Å². The van der Waals surface area contributed by atoms with Gasteiger partial charge in [0.15, 0.2) is 0 Å². The second kappa shape index (κ2) is 13.4. The SMILES string of the molecule is CCCCOc1ccc(NC(=O)C(=O)N/N=C\c2ccc(OCc3ccc(Cl)cc3)c(Cl)c2)cc1. The Morgan fingerprint density at radius 1 is 0.943 bits per heavy atom. The normalized spacial score (nSPS) is 10.7. The van der Waals surface area contributed by atoms with Crippen molar-refractivity contribution in [1.82, 2.24) is 5.43 Å². The van der Waals surface area contributed by atoms with E-state index in [2.05, 4.69) is 22.8 Å². The van der Waals surface area contributed by atoms with E-state index < -0.39 is 11.8 Å². The highest BCUT2D eigenvalue weighted by molar-refractivity contribution is 6.39. The minimum Gasteiger partial charge on any atom is -0.494 e. The Kier molecular flexibility index (Phi) is 9.95. The molecule has 0 spiro atoms. The molecule has 7 nitrogen and oxygen atoms in total. The number of amides is 2. The number of unbranched alkanes of at least 4 members (excludes halogenated alkanes) is 1. The second-order valence-electron chi connectivity index (χ2n) is 7.48. The Labute approximate surface area is 214 Å². The van der Waals surface area contributed by atoms with Gasteiger partial charge in [0, 0.05) is 10.7 Å². The lowest BCUT2D eigenvalue weighted by Crippen LogP contribution is -2.32. The lowest BCUT2D eigenvalue weighted by molar-refractivity contribution is -0.136. The zero-order valence-corrected chi connectivity index (χ0v) is 20.6. The summed E-state index contributed by atoms with van der Waals surface area (Å²) in [5, 5.41) is 7.36. The number of carbonyl (C=O) groups is 2. The van der Waals surface area contributed by atoms with Crippen molar-refractivity contribution in [3.63, 3.8) is 0 Å². The van der Waals surface area contributed by atoms with Crippen LogP contribution < -0.4 is 20.2 Å². The second-order valence-corrected chi connectivity index (χ2v) is 8.33. The molecule has 0 aromatic heterocycles. The van der Waals surface area contributed by atoms with Gasteiger partial charge in [-0.2, -0.15) is 5.10 Å². The van der Waals surface area contributed by atoms with Crippen LogP contribution in [-0.4, -0.2) is 24.6 Å². The summed E-state index contributed by atoms with van der Waals surface area (Å²) in [6, 6.07) is 19.2. The van der Waals surface area contributed by atoms with Gasteiger partial charge in [0.2, 0.25) is 0 Å².